The summed E-state index contributed by atoms with van der Waals surface area (Å²) in [5.74, 6) is 0.447. The predicted octanol–water partition coefficient (Wildman–Crippen LogP) is 2.76. The highest BCUT2D eigenvalue weighted by Gasteiger charge is 2.13. The number of para-hydroxylation sites is 1. The molecule has 0 spiro atoms. The van der Waals surface area contributed by atoms with Crippen LogP contribution in [0.4, 0.5) is 10.9 Å². The number of morpholine rings is 1. The molecule has 4 rings (SSSR count). The number of hydrogen-bond donors (Lipinski definition) is 1. The van der Waals surface area contributed by atoms with Crippen LogP contribution in [-0.4, -0.2) is 42.1 Å². The van der Waals surface area contributed by atoms with Gasteiger partial charge in [0.05, 0.1) is 35.3 Å². The van der Waals surface area contributed by atoms with Crippen molar-refractivity contribution in [3.8, 4) is 0 Å². The number of nitrogens with one attached hydrogen (secondary N) is 1. The Balaban J connectivity index is 1.53. The molecule has 27 heavy (non-hydrogen) atoms. The molecule has 7 nitrogen and oxygen atoms in total. The van der Waals surface area contributed by atoms with Gasteiger partial charge in [0.15, 0.2) is 0 Å². The number of fused-ring (bicyclic) bond motifs is 1. The van der Waals surface area contributed by atoms with E-state index >= 15 is 0 Å². The first-order chi connectivity index (χ1) is 13.3. The molecule has 3 aromatic rings. The summed E-state index contributed by atoms with van der Waals surface area (Å²) in [6.07, 6.45) is 1.76. The van der Waals surface area contributed by atoms with Gasteiger partial charge in [-0.15, -0.1) is 11.3 Å². The van der Waals surface area contributed by atoms with Gasteiger partial charge in [0, 0.05) is 24.5 Å². The molecule has 2 aromatic heterocycles. The molecule has 1 fully saturated rings. The zero-order chi connectivity index (χ0) is 18.6. The molecule has 1 N–H and O–H groups in total. The molecule has 1 aromatic carbocycles. The van der Waals surface area contributed by atoms with Gasteiger partial charge in [0.25, 0.3) is 5.56 Å². The average molecular weight is 383 g/mol. The van der Waals surface area contributed by atoms with E-state index in [2.05, 4.69) is 26.5 Å². The molecular weight excluding hydrogens is 362 g/mol. The summed E-state index contributed by atoms with van der Waals surface area (Å²) < 4.78 is 6.99. The van der Waals surface area contributed by atoms with Gasteiger partial charge >= 0.3 is 0 Å². The number of hydrogen-bond acceptors (Lipinski definition) is 7. The second kappa shape index (κ2) is 7.89. The van der Waals surface area contributed by atoms with E-state index in [0.717, 1.165) is 31.2 Å². The van der Waals surface area contributed by atoms with Crippen LogP contribution >= 0.6 is 11.3 Å². The molecule has 0 unspecified atom stereocenters. The van der Waals surface area contributed by atoms with Crippen LogP contribution in [0.3, 0.4) is 0 Å². The fraction of sp³-hybridized carbons (Fsp3) is 0.316. The molecule has 0 radical (unpaired) electrons. The Bertz CT molecular complexity index is 1020. The van der Waals surface area contributed by atoms with Gasteiger partial charge in [-0.05, 0) is 31.2 Å². The standard InChI is InChI=1S/C19H21N5O2S/c1-2-24-18(25)15-5-3-4-6-16(15)21-19(24)22-20-13-14-7-8-17(27-14)23-9-11-26-12-10-23/h3-8,13H,2,9-12H2,1H3,(H,21,22)/b20-13-. The minimum atomic E-state index is -0.0634. The highest BCUT2D eigenvalue weighted by atomic mass is 32.1. The molecule has 3 heterocycles. The van der Waals surface area contributed by atoms with Gasteiger partial charge in [-0.2, -0.15) is 5.10 Å². The Kier molecular flexibility index (Phi) is 5.17. The number of nitrogens with zero attached hydrogens (tertiary/aromatic N) is 4. The number of anilines is 2. The van der Waals surface area contributed by atoms with Gasteiger partial charge in [-0.3, -0.25) is 9.36 Å². The van der Waals surface area contributed by atoms with E-state index in [4.69, 9.17) is 4.74 Å². The second-order valence-electron chi connectivity index (χ2n) is 6.15. The van der Waals surface area contributed by atoms with Crippen molar-refractivity contribution in [1.82, 2.24) is 9.55 Å². The molecular formula is C19H21N5O2S. The highest BCUT2D eigenvalue weighted by molar-refractivity contribution is 7.17. The third kappa shape index (κ3) is 3.72. The van der Waals surface area contributed by atoms with Gasteiger partial charge in [0.1, 0.15) is 0 Å². The van der Waals surface area contributed by atoms with Crippen molar-refractivity contribution in [3.05, 3.63) is 51.6 Å². The molecule has 0 bridgehead atoms. The third-order valence-electron chi connectivity index (χ3n) is 4.47. The van der Waals surface area contributed by atoms with Crippen molar-refractivity contribution >= 4 is 39.4 Å². The minimum Gasteiger partial charge on any atom is -0.378 e. The number of benzene rings is 1. The van der Waals surface area contributed by atoms with E-state index in [9.17, 15) is 4.79 Å². The Morgan fingerprint density at radius 3 is 2.89 bits per heavy atom. The summed E-state index contributed by atoms with van der Waals surface area (Å²) >= 11 is 1.68. The second-order valence-corrected chi connectivity index (χ2v) is 7.24. The zero-order valence-corrected chi connectivity index (χ0v) is 15.9. The maximum atomic E-state index is 12.6. The lowest BCUT2D eigenvalue weighted by atomic mass is 10.2. The lowest BCUT2D eigenvalue weighted by molar-refractivity contribution is 0.123. The number of hydrazone groups is 1. The summed E-state index contributed by atoms with van der Waals surface area (Å²) in [6, 6.07) is 11.5. The molecule has 140 valence electrons. The van der Waals surface area contributed by atoms with Crippen molar-refractivity contribution in [3.63, 3.8) is 0 Å². The molecule has 1 aliphatic heterocycles. The fourth-order valence-corrected chi connectivity index (χ4v) is 4.00. The van der Waals surface area contributed by atoms with Crippen LogP contribution in [-0.2, 0) is 11.3 Å². The summed E-state index contributed by atoms with van der Waals surface area (Å²) in [5, 5.41) is 6.13. The Morgan fingerprint density at radius 2 is 2.07 bits per heavy atom. The van der Waals surface area contributed by atoms with Crippen LogP contribution < -0.4 is 15.9 Å². The van der Waals surface area contributed by atoms with E-state index in [1.807, 2.05) is 31.2 Å². The first-order valence-corrected chi connectivity index (χ1v) is 9.79. The normalized spacial score (nSPS) is 14.9. The number of ether oxygens (including phenoxy) is 1. The monoisotopic (exact) mass is 383 g/mol. The predicted molar refractivity (Wildman–Crippen MR) is 110 cm³/mol. The highest BCUT2D eigenvalue weighted by Crippen LogP contribution is 2.25. The molecule has 0 saturated carbocycles. The lowest BCUT2D eigenvalue weighted by Crippen LogP contribution is -2.35. The van der Waals surface area contributed by atoms with Crippen LogP contribution in [0, 0.1) is 0 Å². The quantitative estimate of drug-likeness (QED) is 0.542. The van der Waals surface area contributed by atoms with Gasteiger partial charge in [-0.25, -0.2) is 10.4 Å². The van der Waals surface area contributed by atoms with Crippen LogP contribution in [0.1, 0.15) is 11.8 Å². The van der Waals surface area contributed by atoms with Gasteiger partial charge in [-0.1, -0.05) is 12.1 Å². The van der Waals surface area contributed by atoms with Crippen molar-refractivity contribution < 1.29 is 4.74 Å². The Hall–Kier alpha value is -2.71. The molecule has 0 atom stereocenters. The molecule has 0 aliphatic carbocycles. The maximum Gasteiger partial charge on any atom is 0.262 e. The van der Waals surface area contributed by atoms with Crippen molar-refractivity contribution in [2.75, 3.05) is 36.6 Å². The summed E-state index contributed by atoms with van der Waals surface area (Å²) in [7, 11) is 0. The first kappa shape index (κ1) is 17.7. The van der Waals surface area contributed by atoms with Crippen molar-refractivity contribution in [1.29, 1.82) is 0 Å². The van der Waals surface area contributed by atoms with E-state index in [1.54, 1.807) is 28.2 Å². The van der Waals surface area contributed by atoms with E-state index in [-0.39, 0.29) is 5.56 Å². The van der Waals surface area contributed by atoms with Crippen LogP contribution in [0.5, 0.6) is 0 Å². The third-order valence-corrected chi connectivity index (χ3v) is 5.55. The first-order valence-electron chi connectivity index (χ1n) is 8.97. The summed E-state index contributed by atoms with van der Waals surface area (Å²) in [4.78, 5) is 20.5. The van der Waals surface area contributed by atoms with Crippen LogP contribution in [0.25, 0.3) is 10.9 Å². The number of aromatic nitrogens is 2. The SMILES string of the molecule is CCn1c(N/N=C\c2ccc(N3CCOCC3)s2)nc2ccccc2c1=O. The number of thiophene rings is 1. The summed E-state index contributed by atoms with van der Waals surface area (Å²) in [5.41, 5.74) is 3.53. The van der Waals surface area contributed by atoms with E-state index < -0.39 is 0 Å². The summed E-state index contributed by atoms with van der Waals surface area (Å²) in [6.45, 7) is 5.81. The molecule has 8 heteroatoms. The molecule has 1 aliphatic rings. The molecule has 0 amide bonds. The Morgan fingerprint density at radius 1 is 1.26 bits per heavy atom. The van der Waals surface area contributed by atoms with Crippen molar-refractivity contribution in [2.45, 2.75) is 13.5 Å². The van der Waals surface area contributed by atoms with E-state index in [1.165, 1.54) is 5.00 Å². The lowest BCUT2D eigenvalue weighted by Gasteiger charge is -2.27. The smallest absolute Gasteiger partial charge is 0.262 e. The Labute approximate surface area is 160 Å². The van der Waals surface area contributed by atoms with E-state index in [0.29, 0.717) is 23.4 Å². The van der Waals surface area contributed by atoms with Crippen molar-refractivity contribution in [2.24, 2.45) is 5.10 Å². The minimum absolute atomic E-state index is 0.0634. The number of rotatable bonds is 5. The average Bonchev–Trinajstić information content (AvgIpc) is 3.18. The molecule has 1 saturated heterocycles. The topological polar surface area (TPSA) is 71.8 Å². The fourth-order valence-electron chi connectivity index (χ4n) is 3.07. The maximum absolute atomic E-state index is 12.6. The van der Waals surface area contributed by atoms with Gasteiger partial charge < -0.3 is 9.64 Å². The largest absolute Gasteiger partial charge is 0.378 e. The van der Waals surface area contributed by atoms with Crippen LogP contribution in [0.2, 0.25) is 0 Å². The van der Waals surface area contributed by atoms with Gasteiger partial charge in [0.2, 0.25) is 5.95 Å². The zero-order valence-electron chi connectivity index (χ0n) is 15.1. The van der Waals surface area contributed by atoms with Crippen LogP contribution in [0.15, 0.2) is 46.3 Å².